The molecule has 3 atom stereocenters. The van der Waals surface area contributed by atoms with Gasteiger partial charge in [-0.05, 0) is 49.4 Å². The number of allylic oxidation sites excluding steroid dienone is 1. The van der Waals surface area contributed by atoms with Gasteiger partial charge in [0.15, 0.2) is 0 Å². The van der Waals surface area contributed by atoms with Gasteiger partial charge in [-0.25, -0.2) is 13.1 Å². The lowest BCUT2D eigenvalue weighted by molar-refractivity contribution is -0.138. The number of nitrogens with zero attached hydrogens (tertiary/aromatic N) is 1. The lowest BCUT2D eigenvalue weighted by Gasteiger charge is -2.39. The molecule has 0 radical (unpaired) electrons. The van der Waals surface area contributed by atoms with Crippen LogP contribution in [0.1, 0.15) is 73.4 Å². The molecule has 0 aliphatic heterocycles. The van der Waals surface area contributed by atoms with Crippen LogP contribution in [0.2, 0.25) is 0 Å². The number of carbonyl (C=O) groups excluding carboxylic acids is 3. The molecule has 0 fully saturated rings. The van der Waals surface area contributed by atoms with Gasteiger partial charge >= 0.3 is 0 Å². The van der Waals surface area contributed by atoms with E-state index in [0.717, 1.165) is 11.1 Å². The first kappa shape index (κ1) is 37.7. The van der Waals surface area contributed by atoms with Crippen LogP contribution in [0.3, 0.4) is 0 Å². The molecule has 2 aromatic rings. The number of hydrogen-bond donors (Lipinski definition) is 3. The van der Waals surface area contributed by atoms with Crippen molar-refractivity contribution in [3.63, 3.8) is 0 Å². The maximum atomic E-state index is 14.1. The molecule has 0 saturated carbocycles. The number of sulfonamides is 1. The third-order valence-corrected chi connectivity index (χ3v) is 9.38. The fourth-order valence-corrected chi connectivity index (χ4v) is 6.20. The number of rotatable bonds is 13. The topological polar surface area (TPSA) is 125 Å². The Hall–Kier alpha value is -3.50. The second-order valence-corrected chi connectivity index (χ2v) is 15.3. The van der Waals surface area contributed by atoms with E-state index in [0.29, 0.717) is 12.2 Å². The van der Waals surface area contributed by atoms with Gasteiger partial charge in [0.25, 0.3) is 10.0 Å². The van der Waals surface area contributed by atoms with Gasteiger partial charge in [0.2, 0.25) is 17.7 Å². The summed E-state index contributed by atoms with van der Waals surface area (Å²) in [6, 6.07) is 14.5. The van der Waals surface area contributed by atoms with Crippen LogP contribution in [0.5, 0.6) is 0 Å². The first-order valence-electron chi connectivity index (χ1n) is 15.5. The molecule has 0 bridgehead atoms. The summed E-state index contributed by atoms with van der Waals surface area (Å²) in [5.41, 5.74) is 1.19. The highest BCUT2D eigenvalue weighted by Gasteiger charge is 2.41. The minimum absolute atomic E-state index is 0.0101. The molecule has 3 N–H and O–H groups in total. The van der Waals surface area contributed by atoms with E-state index in [-0.39, 0.29) is 22.6 Å². The maximum Gasteiger partial charge on any atom is 0.264 e. The molecule has 0 aromatic heterocycles. The van der Waals surface area contributed by atoms with Crippen molar-refractivity contribution in [1.29, 1.82) is 0 Å². The van der Waals surface area contributed by atoms with E-state index in [9.17, 15) is 22.8 Å². The summed E-state index contributed by atoms with van der Waals surface area (Å²) in [6.45, 7) is 19.4. The highest BCUT2D eigenvalue weighted by molar-refractivity contribution is 7.90. The highest BCUT2D eigenvalue weighted by Crippen LogP contribution is 2.29. The van der Waals surface area contributed by atoms with Crippen molar-refractivity contribution in [3.05, 3.63) is 77.5 Å². The summed E-state index contributed by atoms with van der Waals surface area (Å²) in [5.74, 6) is -2.41. The third-order valence-electron chi connectivity index (χ3n) is 8.02. The zero-order valence-electron chi connectivity index (χ0n) is 28.7. The molecule has 0 spiro atoms. The second kappa shape index (κ2) is 15.2. The first-order chi connectivity index (χ1) is 20.7. The highest BCUT2D eigenvalue weighted by atomic mass is 32.2. The van der Waals surface area contributed by atoms with Crippen LogP contribution in [0.15, 0.2) is 71.3 Å². The molecule has 248 valence electrons. The zero-order valence-corrected chi connectivity index (χ0v) is 29.5. The smallest absolute Gasteiger partial charge is 0.264 e. The summed E-state index contributed by atoms with van der Waals surface area (Å²) in [7, 11) is -2.45. The molecule has 3 unspecified atom stereocenters. The third kappa shape index (κ3) is 9.74. The van der Waals surface area contributed by atoms with Crippen LogP contribution >= 0.6 is 0 Å². The average molecular weight is 641 g/mol. The van der Waals surface area contributed by atoms with E-state index in [1.807, 2.05) is 92.6 Å². The summed E-state index contributed by atoms with van der Waals surface area (Å²) in [4.78, 5) is 42.5. The monoisotopic (exact) mass is 640 g/mol. The first-order valence-corrected chi connectivity index (χ1v) is 16.9. The number of carbonyl (C=O) groups is 3. The van der Waals surface area contributed by atoms with Gasteiger partial charge in [-0.2, -0.15) is 0 Å². The van der Waals surface area contributed by atoms with Gasteiger partial charge < -0.3 is 15.5 Å². The minimum Gasteiger partial charge on any atom is -0.342 e. The van der Waals surface area contributed by atoms with Crippen molar-refractivity contribution in [1.82, 2.24) is 20.3 Å². The van der Waals surface area contributed by atoms with Crippen molar-refractivity contribution in [3.8, 4) is 0 Å². The molecule has 0 saturated heterocycles. The second-order valence-electron chi connectivity index (χ2n) is 13.6. The molecular formula is C35H52N4O5S. The SMILES string of the molecule is CCNC(C(=O)NC(C(=O)N(C)/C(=C/C(C)C(=O)NS(=O)(=O)c1ccc(C)cc1)C(C)C)C(C)(C)C)C(C)(C)c1ccccc1. The molecule has 9 nitrogen and oxygen atoms in total. The van der Waals surface area contributed by atoms with Gasteiger partial charge in [-0.15, -0.1) is 0 Å². The van der Waals surface area contributed by atoms with Crippen molar-refractivity contribution < 1.29 is 22.8 Å². The van der Waals surface area contributed by atoms with E-state index in [1.165, 1.54) is 17.0 Å². The number of likely N-dealkylation sites (N-methyl/N-ethyl adjacent to an activating group) is 2. The van der Waals surface area contributed by atoms with Crippen molar-refractivity contribution >= 4 is 27.7 Å². The van der Waals surface area contributed by atoms with E-state index in [1.54, 1.807) is 32.2 Å². The molecule has 0 aliphatic rings. The summed E-state index contributed by atoms with van der Waals surface area (Å²) in [6.07, 6.45) is 1.60. The van der Waals surface area contributed by atoms with Crippen molar-refractivity contribution in [2.24, 2.45) is 17.3 Å². The molecule has 0 heterocycles. The van der Waals surface area contributed by atoms with Crippen LogP contribution in [0.4, 0.5) is 0 Å². The number of hydrogen-bond acceptors (Lipinski definition) is 6. The van der Waals surface area contributed by atoms with E-state index < -0.39 is 44.8 Å². The Morgan fingerprint density at radius 3 is 1.91 bits per heavy atom. The predicted molar refractivity (Wildman–Crippen MR) is 180 cm³/mol. The lowest BCUT2D eigenvalue weighted by atomic mass is 9.76. The van der Waals surface area contributed by atoms with Gasteiger partial charge in [-0.3, -0.25) is 14.4 Å². The standard InChI is InChI=1S/C35H52N4O5S/c1-12-36-29(35(9,10)26-16-14-13-15-17-26)32(41)37-30(34(6,7)8)33(42)39(11)28(23(2)3)22-25(5)31(40)38-45(43,44)27-20-18-24(4)19-21-27/h13-23,25,29-30,36H,12H2,1-11H3,(H,37,41)(H,38,40)/b28-22+. The Labute approximate surface area is 270 Å². The average Bonchev–Trinajstić information content (AvgIpc) is 2.96. The normalized spacial score (nSPS) is 14.8. The zero-order chi connectivity index (χ0) is 34.3. The van der Waals surface area contributed by atoms with Crippen LogP contribution in [0, 0.1) is 24.2 Å². The molecule has 45 heavy (non-hydrogen) atoms. The van der Waals surface area contributed by atoms with Crippen LogP contribution < -0.4 is 15.4 Å². The van der Waals surface area contributed by atoms with Crippen LogP contribution in [-0.4, -0.2) is 56.7 Å². The fourth-order valence-electron chi connectivity index (χ4n) is 5.13. The number of nitrogens with one attached hydrogen (secondary N) is 3. The number of amides is 3. The molecule has 2 aromatic carbocycles. The molecule has 3 amide bonds. The van der Waals surface area contributed by atoms with Crippen molar-refractivity contribution in [2.45, 2.75) is 91.6 Å². The Morgan fingerprint density at radius 1 is 0.867 bits per heavy atom. The van der Waals surface area contributed by atoms with E-state index in [2.05, 4.69) is 15.4 Å². The summed E-state index contributed by atoms with van der Waals surface area (Å²) in [5, 5.41) is 6.36. The molecular weight excluding hydrogens is 588 g/mol. The van der Waals surface area contributed by atoms with E-state index >= 15 is 0 Å². The van der Waals surface area contributed by atoms with Crippen molar-refractivity contribution in [2.75, 3.05) is 13.6 Å². The largest absolute Gasteiger partial charge is 0.342 e. The maximum absolute atomic E-state index is 14.1. The Balaban J connectivity index is 2.35. The van der Waals surface area contributed by atoms with Gasteiger partial charge in [0.05, 0.1) is 16.9 Å². The summed E-state index contributed by atoms with van der Waals surface area (Å²) >= 11 is 0. The lowest BCUT2D eigenvalue weighted by Crippen LogP contribution is -2.61. The van der Waals surface area contributed by atoms with Crippen LogP contribution in [-0.2, 0) is 29.8 Å². The van der Waals surface area contributed by atoms with Gasteiger partial charge in [0.1, 0.15) is 6.04 Å². The summed E-state index contributed by atoms with van der Waals surface area (Å²) < 4.78 is 27.8. The predicted octanol–water partition coefficient (Wildman–Crippen LogP) is 4.92. The van der Waals surface area contributed by atoms with Crippen LogP contribution in [0.25, 0.3) is 0 Å². The Bertz CT molecular complexity index is 1460. The molecule has 0 aliphatic carbocycles. The van der Waals surface area contributed by atoms with Gasteiger partial charge in [-0.1, -0.05) is 109 Å². The molecule has 10 heteroatoms. The van der Waals surface area contributed by atoms with Gasteiger partial charge in [0, 0.05) is 18.2 Å². The fraction of sp³-hybridized carbons (Fsp3) is 0.514. The van der Waals surface area contributed by atoms with E-state index in [4.69, 9.17) is 0 Å². The Kier molecular flexibility index (Phi) is 12.7. The quantitative estimate of drug-likeness (QED) is 0.286. The number of aryl methyl sites for hydroxylation is 1. The minimum atomic E-state index is -4.07. The molecule has 2 rings (SSSR count). The Morgan fingerprint density at radius 2 is 1.42 bits per heavy atom. The number of benzene rings is 2.